The summed E-state index contributed by atoms with van der Waals surface area (Å²) >= 11 is 5.27. The Hall–Kier alpha value is -1.61. The van der Waals surface area contributed by atoms with E-state index >= 15 is 0 Å². The molecule has 0 bridgehead atoms. The van der Waals surface area contributed by atoms with Gasteiger partial charge in [-0.25, -0.2) is 0 Å². The summed E-state index contributed by atoms with van der Waals surface area (Å²) in [5.74, 6) is 0. The molecule has 0 aliphatic carbocycles. The van der Waals surface area contributed by atoms with Gasteiger partial charge in [0.15, 0.2) is 0 Å². The molecule has 0 amide bonds. The van der Waals surface area contributed by atoms with Crippen LogP contribution in [0, 0.1) is 0 Å². The Labute approximate surface area is 121 Å². The third-order valence-electron chi connectivity index (χ3n) is 3.07. The van der Waals surface area contributed by atoms with Gasteiger partial charge >= 0.3 is 0 Å². The fourth-order valence-corrected chi connectivity index (χ4v) is 2.21. The molecular formula is C16H22N2S. The first-order chi connectivity index (χ1) is 8.88. The lowest BCUT2D eigenvalue weighted by Crippen LogP contribution is -2.27. The molecule has 0 N–H and O–H groups in total. The van der Waals surface area contributed by atoms with Gasteiger partial charge < -0.3 is 9.47 Å². The number of allylic oxidation sites excluding steroid dienone is 1. The SMILES string of the molecule is C=C(C)/C(=C\c1cccn1C)C(=C)N(CC)C(C)=S. The molecule has 1 aromatic rings. The Morgan fingerprint density at radius 3 is 2.42 bits per heavy atom. The molecule has 0 saturated heterocycles. The number of aromatic nitrogens is 1. The number of hydrogen-bond acceptors (Lipinski definition) is 1. The quantitative estimate of drug-likeness (QED) is 0.588. The highest BCUT2D eigenvalue weighted by atomic mass is 32.1. The highest BCUT2D eigenvalue weighted by Crippen LogP contribution is 2.23. The third-order valence-corrected chi connectivity index (χ3v) is 3.29. The van der Waals surface area contributed by atoms with Crippen molar-refractivity contribution in [1.29, 1.82) is 0 Å². The van der Waals surface area contributed by atoms with Crippen LogP contribution in [-0.2, 0) is 7.05 Å². The fraction of sp³-hybridized carbons (Fsp3) is 0.312. The van der Waals surface area contributed by atoms with Crippen LogP contribution >= 0.6 is 12.2 Å². The summed E-state index contributed by atoms with van der Waals surface area (Å²) in [6, 6.07) is 4.09. The van der Waals surface area contributed by atoms with E-state index in [1.165, 1.54) is 0 Å². The molecule has 0 spiro atoms. The predicted octanol–water partition coefficient (Wildman–Crippen LogP) is 4.17. The Balaban J connectivity index is 3.19. The van der Waals surface area contributed by atoms with E-state index in [-0.39, 0.29) is 0 Å². The Bertz CT molecular complexity index is 535. The molecule has 0 unspecified atom stereocenters. The summed E-state index contributed by atoms with van der Waals surface area (Å²) in [6.45, 7) is 15.0. The van der Waals surface area contributed by atoms with Gasteiger partial charge in [-0.3, -0.25) is 0 Å². The third kappa shape index (κ3) is 3.67. The minimum absolute atomic E-state index is 0.811. The zero-order valence-corrected chi connectivity index (χ0v) is 13.0. The molecule has 0 radical (unpaired) electrons. The van der Waals surface area contributed by atoms with Crippen molar-refractivity contribution in [2.24, 2.45) is 7.05 Å². The van der Waals surface area contributed by atoms with E-state index in [0.717, 1.165) is 34.1 Å². The van der Waals surface area contributed by atoms with Gasteiger partial charge in [0.05, 0.1) is 4.99 Å². The molecule has 1 rings (SSSR count). The number of hydrogen-bond donors (Lipinski definition) is 0. The summed E-state index contributed by atoms with van der Waals surface area (Å²) in [6.07, 6.45) is 4.12. The molecule has 2 nitrogen and oxygen atoms in total. The highest BCUT2D eigenvalue weighted by Gasteiger charge is 2.13. The van der Waals surface area contributed by atoms with Crippen LogP contribution in [0.1, 0.15) is 26.5 Å². The van der Waals surface area contributed by atoms with Crippen LogP contribution in [0.25, 0.3) is 6.08 Å². The van der Waals surface area contributed by atoms with E-state index in [9.17, 15) is 0 Å². The van der Waals surface area contributed by atoms with Crippen LogP contribution in [0.4, 0.5) is 0 Å². The molecule has 0 aliphatic heterocycles. The van der Waals surface area contributed by atoms with E-state index in [2.05, 4.69) is 36.8 Å². The summed E-state index contributed by atoms with van der Waals surface area (Å²) in [4.78, 5) is 2.85. The van der Waals surface area contributed by atoms with Crippen molar-refractivity contribution in [3.05, 3.63) is 54.0 Å². The maximum atomic E-state index is 5.27. The van der Waals surface area contributed by atoms with Crippen molar-refractivity contribution in [2.75, 3.05) is 6.54 Å². The first kappa shape index (κ1) is 15.4. The van der Waals surface area contributed by atoms with Gasteiger partial charge in [0.1, 0.15) is 0 Å². The normalized spacial score (nSPS) is 11.3. The van der Waals surface area contributed by atoms with Crippen molar-refractivity contribution in [1.82, 2.24) is 9.47 Å². The first-order valence-corrected chi connectivity index (χ1v) is 6.75. The fourth-order valence-electron chi connectivity index (χ4n) is 1.97. The molecule has 0 fully saturated rings. The highest BCUT2D eigenvalue weighted by molar-refractivity contribution is 7.80. The van der Waals surface area contributed by atoms with E-state index < -0.39 is 0 Å². The monoisotopic (exact) mass is 274 g/mol. The van der Waals surface area contributed by atoms with Gasteiger partial charge in [-0.15, -0.1) is 0 Å². The summed E-state index contributed by atoms with van der Waals surface area (Å²) in [5, 5.41) is 0. The predicted molar refractivity (Wildman–Crippen MR) is 88.0 cm³/mol. The molecule has 0 aliphatic rings. The van der Waals surface area contributed by atoms with Crippen molar-refractivity contribution in [3.8, 4) is 0 Å². The van der Waals surface area contributed by atoms with Crippen molar-refractivity contribution < 1.29 is 0 Å². The van der Waals surface area contributed by atoms with Gasteiger partial charge in [0.2, 0.25) is 0 Å². The second kappa shape index (κ2) is 6.53. The molecule has 0 saturated carbocycles. The number of aryl methyl sites for hydroxylation is 1. The second-order valence-electron chi connectivity index (χ2n) is 4.59. The van der Waals surface area contributed by atoms with E-state index in [0.29, 0.717) is 0 Å². The number of rotatable bonds is 5. The lowest BCUT2D eigenvalue weighted by atomic mass is 10.0. The molecule has 102 valence electrons. The van der Waals surface area contributed by atoms with Gasteiger partial charge in [-0.1, -0.05) is 25.4 Å². The topological polar surface area (TPSA) is 8.17 Å². The van der Waals surface area contributed by atoms with Crippen molar-refractivity contribution in [3.63, 3.8) is 0 Å². The van der Waals surface area contributed by atoms with Crippen molar-refractivity contribution in [2.45, 2.75) is 20.8 Å². The molecular weight excluding hydrogens is 252 g/mol. The van der Waals surface area contributed by atoms with Crippen LogP contribution < -0.4 is 0 Å². The van der Waals surface area contributed by atoms with E-state index in [1.807, 2.05) is 38.1 Å². The van der Waals surface area contributed by atoms with Gasteiger partial charge in [-0.2, -0.15) is 0 Å². The Morgan fingerprint density at radius 1 is 1.42 bits per heavy atom. The molecule has 1 heterocycles. The maximum Gasteiger partial charge on any atom is 0.0792 e. The van der Waals surface area contributed by atoms with E-state index in [1.54, 1.807) is 0 Å². The number of nitrogens with zero attached hydrogens (tertiary/aromatic N) is 2. The molecule has 0 atom stereocenters. The van der Waals surface area contributed by atoms with Gasteiger partial charge in [0.25, 0.3) is 0 Å². The van der Waals surface area contributed by atoms with Crippen LogP contribution in [-0.4, -0.2) is 21.0 Å². The largest absolute Gasteiger partial charge is 0.351 e. The van der Waals surface area contributed by atoms with Gasteiger partial charge in [-0.05, 0) is 44.6 Å². The molecule has 3 heteroatoms. The van der Waals surface area contributed by atoms with Crippen LogP contribution in [0.2, 0.25) is 0 Å². The molecule has 19 heavy (non-hydrogen) atoms. The van der Waals surface area contributed by atoms with Gasteiger partial charge in [0, 0.05) is 36.8 Å². The minimum Gasteiger partial charge on any atom is -0.351 e. The number of thiocarbonyl (C=S) groups is 1. The molecule has 0 aromatic carbocycles. The Morgan fingerprint density at radius 2 is 2.05 bits per heavy atom. The smallest absolute Gasteiger partial charge is 0.0792 e. The summed E-state index contributed by atoms with van der Waals surface area (Å²) < 4.78 is 2.07. The average molecular weight is 274 g/mol. The summed E-state index contributed by atoms with van der Waals surface area (Å²) in [5.41, 5.74) is 4.05. The maximum absolute atomic E-state index is 5.27. The average Bonchev–Trinajstić information content (AvgIpc) is 2.71. The van der Waals surface area contributed by atoms with Crippen molar-refractivity contribution >= 4 is 23.3 Å². The number of likely N-dealkylation sites (N-methyl/N-ethyl adjacent to an activating group) is 1. The Kier molecular flexibility index (Phi) is 5.31. The second-order valence-corrected chi connectivity index (χ2v) is 5.18. The zero-order valence-electron chi connectivity index (χ0n) is 12.2. The van der Waals surface area contributed by atoms with Crippen LogP contribution in [0.5, 0.6) is 0 Å². The zero-order chi connectivity index (χ0) is 14.6. The first-order valence-electron chi connectivity index (χ1n) is 6.34. The standard InChI is InChI=1S/C16H22N2S/c1-7-18(14(5)19)13(4)16(12(2)3)11-15-9-8-10-17(15)6/h8-11H,2,4,7H2,1,3,5-6H3/b16-11+. The lowest BCUT2D eigenvalue weighted by Gasteiger charge is -2.26. The van der Waals surface area contributed by atoms with E-state index in [4.69, 9.17) is 12.2 Å². The minimum atomic E-state index is 0.811. The summed E-state index contributed by atoms with van der Waals surface area (Å²) in [7, 11) is 2.02. The van der Waals surface area contributed by atoms with Crippen LogP contribution in [0.3, 0.4) is 0 Å². The van der Waals surface area contributed by atoms with Crippen LogP contribution in [0.15, 0.2) is 48.3 Å². The lowest BCUT2D eigenvalue weighted by molar-refractivity contribution is 0.561. The molecule has 1 aromatic heterocycles.